The van der Waals surface area contributed by atoms with E-state index in [2.05, 4.69) is 60.6 Å². The molecule has 101 valence electrons. The maximum atomic E-state index is 12.4. The average Bonchev–Trinajstić information content (AvgIpc) is 2.17. The Morgan fingerprint density at radius 1 is 0.944 bits per heavy atom. The Morgan fingerprint density at radius 3 is 1.61 bits per heavy atom. The fourth-order valence-corrected chi connectivity index (χ4v) is 3.00. The van der Waals surface area contributed by atoms with Crippen LogP contribution < -0.4 is 0 Å². The number of hydrogen-bond donors (Lipinski definition) is 0. The maximum Gasteiger partial charge on any atom is 0.185 e. The van der Waals surface area contributed by atoms with E-state index in [4.69, 9.17) is 0 Å². The molecule has 0 amide bonds. The van der Waals surface area contributed by atoms with E-state index in [0.29, 0.717) is 0 Å². The summed E-state index contributed by atoms with van der Waals surface area (Å²) < 4.78 is 0.174. The molecule has 0 aliphatic carbocycles. The van der Waals surface area contributed by atoms with Crippen LogP contribution in [0.4, 0.5) is 0 Å². The lowest BCUT2D eigenvalue weighted by Gasteiger charge is -2.21. The molecule has 0 unspecified atom stereocenters. The van der Waals surface area contributed by atoms with Crippen molar-refractivity contribution in [2.75, 3.05) is 0 Å². The van der Waals surface area contributed by atoms with E-state index in [-0.39, 0.29) is 22.3 Å². The molecule has 1 aromatic rings. The lowest BCUT2D eigenvalue weighted by molar-refractivity contribution is 0.341. The second-order valence-electron chi connectivity index (χ2n) is 6.45. The zero-order valence-electron chi connectivity index (χ0n) is 12.6. The molecule has 1 aromatic carbocycles. The molecule has 0 aliphatic rings. The fraction of sp³-hybridized carbons (Fsp3) is 0.625. The van der Waals surface area contributed by atoms with Gasteiger partial charge in [0, 0.05) is 20.8 Å². The van der Waals surface area contributed by atoms with Crippen LogP contribution in [0.2, 0.25) is 0 Å². The van der Waals surface area contributed by atoms with Crippen LogP contribution in [0.5, 0.6) is 5.75 Å². The van der Waals surface area contributed by atoms with Crippen LogP contribution in [-0.2, 0) is 5.11 Å². The summed E-state index contributed by atoms with van der Waals surface area (Å²) in [5.41, 5.74) is 1.90. The van der Waals surface area contributed by atoms with Gasteiger partial charge in [-0.3, -0.25) is 5.11 Å². The Balaban J connectivity index is 3.29. The van der Waals surface area contributed by atoms with Gasteiger partial charge in [0.15, 0.2) is 5.75 Å². The summed E-state index contributed by atoms with van der Waals surface area (Å²) in [6.07, 6.45) is 0. The molecule has 1 radical (unpaired) electrons. The van der Waals surface area contributed by atoms with Gasteiger partial charge in [-0.05, 0) is 24.0 Å². The van der Waals surface area contributed by atoms with Crippen molar-refractivity contribution in [3.05, 3.63) is 23.3 Å². The third-order valence-corrected chi connectivity index (χ3v) is 3.87. The average molecular weight is 265 g/mol. The fourth-order valence-electron chi connectivity index (χ4n) is 1.92. The highest BCUT2D eigenvalue weighted by Crippen LogP contribution is 2.40. The maximum absolute atomic E-state index is 12.4. The van der Waals surface area contributed by atoms with Crippen LogP contribution >= 0.6 is 11.8 Å². The summed E-state index contributed by atoms with van der Waals surface area (Å²) in [5, 5.41) is 12.4. The summed E-state index contributed by atoms with van der Waals surface area (Å²) >= 11 is 1.83. The van der Waals surface area contributed by atoms with E-state index in [1.807, 2.05) is 11.8 Å². The zero-order valence-corrected chi connectivity index (χ0v) is 13.4. The summed E-state index contributed by atoms with van der Waals surface area (Å²) in [6.45, 7) is 15.0. The Kier molecular flexibility index (Phi) is 4.77. The van der Waals surface area contributed by atoms with Crippen LogP contribution in [0.1, 0.15) is 71.4 Å². The SMILES string of the molecule is CC(C)c1cc(SC(C)(C)C)cc(C(C)C)c1[O]. The van der Waals surface area contributed by atoms with Gasteiger partial charge in [0.05, 0.1) is 0 Å². The quantitative estimate of drug-likeness (QED) is 0.616. The number of thioether (sulfide) groups is 1. The van der Waals surface area contributed by atoms with E-state index in [1.165, 1.54) is 4.90 Å². The molecular weight excluding hydrogens is 240 g/mol. The first-order valence-electron chi connectivity index (χ1n) is 6.65. The first-order chi connectivity index (χ1) is 8.11. The van der Waals surface area contributed by atoms with E-state index in [1.54, 1.807) is 0 Å². The summed E-state index contributed by atoms with van der Waals surface area (Å²) in [6, 6.07) is 4.16. The highest BCUT2D eigenvalue weighted by Gasteiger charge is 2.19. The van der Waals surface area contributed by atoms with E-state index in [9.17, 15) is 5.11 Å². The topological polar surface area (TPSA) is 19.9 Å². The van der Waals surface area contributed by atoms with E-state index < -0.39 is 0 Å². The minimum Gasteiger partial charge on any atom is -0.289 e. The van der Waals surface area contributed by atoms with Crippen molar-refractivity contribution in [1.29, 1.82) is 0 Å². The molecule has 1 rings (SSSR count). The van der Waals surface area contributed by atoms with Crippen LogP contribution in [0.3, 0.4) is 0 Å². The van der Waals surface area contributed by atoms with Crippen LogP contribution in [-0.4, -0.2) is 4.75 Å². The third-order valence-electron chi connectivity index (χ3n) is 2.79. The molecule has 0 aromatic heterocycles. The monoisotopic (exact) mass is 265 g/mol. The number of hydrogen-bond acceptors (Lipinski definition) is 1. The molecule has 0 heterocycles. The Bertz CT molecular complexity index is 385. The van der Waals surface area contributed by atoms with Crippen molar-refractivity contribution in [2.45, 2.75) is 69.9 Å². The Morgan fingerprint density at radius 2 is 1.33 bits per heavy atom. The molecule has 2 heteroatoms. The summed E-state index contributed by atoms with van der Waals surface area (Å²) in [4.78, 5) is 1.22. The second kappa shape index (κ2) is 5.56. The van der Waals surface area contributed by atoms with Gasteiger partial charge in [0.2, 0.25) is 0 Å². The van der Waals surface area contributed by atoms with Crippen LogP contribution in [0.15, 0.2) is 17.0 Å². The van der Waals surface area contributed by atoms with Crippen LogP contribution in [0, 0.1) is 0 Å². The van der Waals surface area contributed by atoms with Crippen molar-refractivity contribution >= 4 is 11.8 Å². The molecule has 0 atom stereocenters. The predicted octanol–water partition coefficient (Wildman–Crippen LogP) is 5.97. The van der Waals surface area contributed by atoms with Gasteiger partial charge in [-0.2, -0.15) is 0 Å². The predicted molar refractivity (Wildman–Crippen MR) is 80.4 cm³/mol. The molecule has 0 aliphatic heterocycles. The highest BCUT2D eigenvalue weighted by atomic mass is 32.2. The molecule has 0 saturated heterocycles. The summed E-state index contributed by atoms with van der Waals surface area (Å²) in [5.74, 6) is 0.810. The van der Waals surface area contributed by atoms with Crippen LogP contribution in [0.25, 0.3) is 0 Å². The normalized spacial score (nSPS) is 12.5. The van der Waals surface area contributed by atoms with Gasteiger partial charge in [0.25, 0.3) is 0 Å². The molecule has 1 nitrogen and oxygen atoms in total. The molecule has 0 bridgehead atoms. The van der Waals surface area contributed by atoms with E-state index >= 15 is 0 Å². The third kappa shape index (κ3) is 3.94. The Labute approximate surface area is 116 Å². The van der Waals surface area contributed by atoms with Gasteiger partial charge in [-0.1, -0.05) is 48.5 Å². The van der Waals surface area contributed by atoms with Crippen molar-refractivity contribution < 1.29 is 5.11 Å². The van der Waals surface area contributed by atoms with Gasteiger partial charge < -0.3 is 0 Å². The lowest BCUT2D eigenvalue weighted by Crippen LogP contribution is -2.07. The largest absolute Gasteiger partial charge is 0.289 e. The van der Waals surface area contributed by atoms with Gasteiger partial charge in [0.1, 0.15) is 0 Å². The molecule has 0 N–H and O–H groups in total. The molecule has 0 spiro atoms. The zero-order chi connectivity index (χ0) is 14.1. The van der Waals surface area contributed by atoms with Crippen molar-refractivity contribution in [2.24, 2.45) is 0 Å². The highest BCUT2D eigenvalue weighted by molar-refractivity contribution is 8.00. The minimum atomic E-state index is 0.174. The van der Waals surface area contributed by atoms with Crippen molar-refractivity contribution in [3.63, 3.8) is 0 Å². The number of benzene rings is 1. The Hall–Kier alpha value is -0.630. The van der Waals surface area contributed by atoms with Crippen molar-refractivity contribution in [1.82, 2.24) is 0 Å². The first kappa shape index (κ1) is 15.4. The van der Waals surface area contributed by atoms with E-state index in [0.717, 1.165) is 11.1 Å². The van der Waals surface area contributed by atoms with Gasteiger partial charge >= 0.3 is 0 Å². The van der Waals surface area contributed by atoms with Crippen molar-refractivity contribution in [3.8, 4) is 5.75 Å². The van der Waals surface area contributed by atoms with Gasteiger partial charge in [-0.15, -0.1) is 11.8 Å². The summed E-state index contributed by atoms with van der Waals surface area (Å²) in [7, 11) is 0. The molecular formula is C16H25OS. The molecule has 0 fully saturated rings. The molecule has 0 saturated carbocycles. The smallest absolute Gasteiger partial charge is 0.185 e. The first-order valence-corrected chi connectivity index (χ1v) is 7.47. The number of rotatable bonds is 3. The lowest BCUT2D eigenvalue weighted by atomic mass is 9.94. The molecule has 18 heavy (non-hydrogen) atoms. The van der Waals surface area contributed by atoms with Gasteiger partial charge in [-0.25, -0.2) is 0 Å². The minimum absolute atomic E-state index is 0.174. The second-order valence-corrected chi connectivity index (χ2v) is 8.35. The standard InChI is InChI=1S/C16H25OS/c1-10(2)13-8-12(18-16(5,6)7)9-14(11(3)4)15(13)17/h8-11H,1-7H3.